The van der Waals surface area contributed by atoms with E-state index in [1.165, 1.54) is 0 Å². The molecule has 3 N–H and O–H groups in total. The van der Waals surface area contributed by atoms with Crippen LogP contribution >= 0.6 is 12.4 Å². The molecule has 0 aliphatic heterocycles. The van der Waals surface area contributed by atoms with Crippen LogP contribution in [0.2, 0.25) is 0 Å². The van der Waals surface area contributed by atoms with E-state index in [1.54, 1.807) is 0 Å². The van der Waals surface area contributed by atoms with E-state index in [0.717, 1.165) is 16.7 Å². The normalized spacial score (nSPS) is 9.68. The quantitative estimate of drug-likeness (QED) is 0.651. The first-order valence-corrected chi connectivity index (χ1v) is 5.81. The smallest absolute Gasteiger partial charge is 0.123 e. The first-order chi connectivity index (χ1) is 8.77. The largest absolute Gasteiger partial charge is 0.384 e. The SMILES string of the molecule is Cl.N=C(N)c1ccccc1COCc1ccccc1. The van der Waals surface area contributed by atoms with Crippen LogP contribution in [0.1, 0.15) is 16.7 Å². The van der Waals surface area contributed by atoms with E-state index < -0.39 is 0 Å². The van der Waals surface area contributed by atoms with Crippen molar-refractivity contribution in [1.29, 1.82) is 5.41 Å². The summed E-state index contributed by atoms with van der Waals surface area (Å²) in [6, 6.07) is 17.6. The molecular formula is C15H17ClN2O. The molecule has 4 heteroatoms. The molecule has 0 spiro atoms. The minimum atomic E-state index is 0. The van der Waals surface area contributed by atoms with Crippen molar-refractivity contribution >= 4 is 18.2 Å². The molecule has 0 radical (unpaired) electrons. The van der Waals surface area contributed by atoms with E-state index >= 15 is 0 Å². The Hall–Kier alpha value is -1.84. The fourth-order valence-electron chi connectivity index (χ4n) is 1.76. The summed E-state index contributed by atoms with van der Waals surface area (Å²) in [5.41, 5.74) is 8.35. The fraction of sp³-hybridized carbons (Fsp3) is 0.133. The first-order valence-electron chi connectivity index (χ1n) is 5.81. The first kappa shape index (κ1) is 15.2. The fourth-order valence-corrected chi connectivity index (χ4v) is 1.76. The van der Waals surface area contributed by atoms with Gasteiger partial charge in [0.1, 0.15) is 5.84 Å². The van der Waals surface area contributed by atoms with Crippen LogP contribution < -0.4 is 5.73 Å². The van der Waals surface area contributed by atoms with Gasteiger partial charge >= 0.3 is 0 Å². The van der Waals surface area contributed by atoms with Crippen molar-refractivity contribution in [3.05, 3.63) is 71.3 Å². The van der Waals surface area contributed by atoms with Gasteiger partial charge in [-0.25, -0.2) is 0 Å². The summed E-state index contributed by atoms with van der Waals surface area (Å²) in [6.45, 7) is 1.03. The highest BCUT2D eigenvalue weighted by Gasteiger charge is 2.04. The van der Waals surface area contributed by atoms with Gasteiger partial charge in [-0.3, -0.25) is 5.41 Å². The average Bonchev–Trinajstić information content (AvgIpc) is 2.40. The molecule has 0 bridgehead atoms. The van der Waals surface area contributed by atoms with Gasteiger partial charge in [0.25, 0.3) is 0 Å². The Morgan fingerprint density at radius 3 is 2.26 bits per heavy atom. The van der Waals surface area contributed by atoms with Gasteiger partial charge < -0.3 is 10.5 Å². The molecule has 3 nitrogen and oxygen atoms in total. The molecule has 0 aliphatic rings. The summed E-state index contributed by atoms with van der Waals surface area (Å²) >= 11 is 0. The van der Waals surface area contributed by atoms with Gasteiger partial charge in [0.2, 0.25) is 0 Å². The number of hydrogen-bond donors (Lipinski definition) is 2. The van der Waals surface area contributed by atoms with Gasteiger partial charge in [0.05, 0.1) is 13.2 Å². The number of halogens is 1. The highest BCUT2D eigenvalue weighted by atomic mass is 35.5. The van der Waals surface area contributed by atoms with Crippen molar-refractivity contribution < 1.29 is 4.74 Å². The molecule has 0 atom stereocenters. The van der Waals surface area contributed by atoms with Crippen LogP contribution in [0, 0.1) is 5.41 Å². The maximum atomic E-state index is 7.50. The lowest BCUT2D eigenvalue weighted by atomic mass is 10.1. The minimum Gasteiger partial charge on any atom is -0.384 e. The number of nitrogens with one attached hydrogen (secondary N) is 1. The summed E-state index contributed by atoms with van der Waals surface area (Å²) in [6.07, 6.45) is 0. The minimum absolute atomic E-state index is 0. The van der Waals surface area contributed by atoms with Crippen LogP contribution in [0.4, 0.5) is 0 Å². The van der Waals surface area contributed by atoms with Gasteiger partial charge in [-0.05, 0) is 11.1 Å². The second-order valence-electron chi connectivity index (χ2n) is 4.05. The standard InChI is InChI=1S/C15H16N2O.ClH/c16-15(17)14-9-5-4-8-13(14)11-18-10-12-6-2-1-3-7-12;/h1-9H,10-11H2,(H3,16,17);1H. The zero-order chi connectivity index (χ0) is 12.8. The third-order valence-corrected chi connectivity index (χ3v) is 2.68. The van der Waals surface area contributed by atoms with Crippen molar-refractivity contribution in [3.63, 3.8) is 0 Å². The lowest BCUT2D eigenvalue weighted by molar-refractivity contribution is 0.107. The zero-order valence-electron chi connectivity index (χ0n) is 10.5. The average molecular weight is 277 g/mol. The van der Waals surface area contributed by atoms with E-state index in [2.05, 4.69) is 0 Å². The number of nitrogen functional groups attached to an aromatic ring is 1. The third-order valence-electron chi connectivity index (χ3n) is 2.68. The van der Waals surface area contributed by atoms with Gasteiger partial charge in [0.15, 0.2) is 0 Å². The third kappa shape index (κ3) is 4.39. The van der Waals surface area contributed by atoms with E-state index in [4.69, 9.17) is 15.9 Å². The van der Waals surface area contributed by atoms with E-state index in [1.807, 2.05) is 54.6 Å². The van der Waals surface area contributed by atoms with E-state index in [0.29, 0.717) is 13.2 Å². The molecule has 2 aromatic carbocycles. The molecule has 0 aliphatic carbocycles. The summed E-state index contributed by atoms with van der Waals surface area (Å²) in [5.74, 6) is 0.0777. The van der Waals surface area contributed by atoms with Crippen LogP contribution in [-0.2, 0) is 18.0 Å². The van der Waals surface area contributed by atoms with Crippen LogP contribution in [0.5, 0.6) is 0 Å². The Kier molecular flexibility index (Phi) is 6.06. The zero-order valence-corrected chi connectivity index (χ0v) is 11.3. The predicted octanol–water partition coefficient (Wildman–Crippen LogP) is 3.11. The van der Waals surface area contributed by atoms with Crippen molar-refractivity contribution in [2.45, 2.75) is 13.2 Å². The van der Waals surface area contributed by atoms with E-state index in [9.17, 15) is 0 Å². The second kappa shape index (κ2) is 7.56. The number of amidine groups is 1. The van der Waals surface area contributed by atoms with E-state index in [-0.39, 0.29) is 18.2 Å². The maximum Gasteiger partial charge on any atom is 0.123 e. The second-order valence-corrected chi connectivity index (χ2v) is 4.05. The maximum absolute atomic E-state index is 7.50. The molecule has 0 saturated carbocycles. The molecule has 0 amide bonds. The van der Waals surface area contributed by atoms with Crippen molar-refractivity contribution in [2.24, 2.45) is 5.73 Å². The van der Waals surface area contributed by atoms with Crippen LogP contribution in [0.3, 0.4) is 0 Å². The van der Waals surface area contributed by atoms with Gasteiger partial charge in [-0.1, -0.05) is 54.6 Å². The van der Waals surface area contributed by atoms with Crippen molar-refractivity contribution in [3.8, 4) is 0 Å². The summed E-state index contributed by atoms with van der Waals surface area (Å²) < 4.78 is 5.64. The molecule has 0 aromatic heterocycles. The highest BCUT2D eigenvalue weighted by molar-refractivity contribution is 5.96. The van der Waals surface area contributed by atoms with Crippen molar-refractivity contribution in [1.82, 2.24) is 0 Å². The molecule has 0 saturated heterocycles. The molecule has 2 aromatic rings. The van der Waals surface area contributed by atoms with Crippen LogP contribution in [-0.4, -0.2) is 5.84 Å². The van der Waals surface area contributed by atoms with Gasteiger partial charge in [-0.2, -0.15) is 0 Å². The number of hydrogen-bond acceptors (Lipinski definition) is 2. The lowest BCUT2D eigenvalue weighted by Crippen LogP contribution is -2.14. The summed E-state index contributed by atoms with van der Waals surface area (Å²) in [5, 5.41) is 7.50. The summed E-state index contributed by atoms with van der Waals surface area (Å²) in [7, 11) is 0. The van der Waals surface area contributed by atoms with Gasteiger partial charge in [0, 0.05) is 5.56 Å². The predicted molar refractivity (Wildman–Crippen MR) is 79.6 cm³/mol. The number of rotatable bonds is 5. The number of nitrogens with two attached hydrogens (primary N) is 1. The molecular weight excluding hydrogens is 260 g/mol. The molecule has 0 heterocycles. The molecule has 0 fully saturated rings. The molecule has 19 heavy (non-hydrogen) atoms. The number of benzene rings is 2. The topological polar surface area (TPSA) is 59.1 Å². The Morgan fingerprint density at radius 1 is 0.947 bits per heavy atom. The van der Waals surface area contributed by atoms with Crippen LogP contribution in [0.25, 0.3) is 0 Å². The Bertz CT molecular complexity index is 529. The summed E-state index contributed by atoms with van der Waals surface area (Å²) in [4.78, 5) is 0. The molecule has 2 rings (SSSR count). The van der Waals surface area contributed by atoms with Crippen molar-refractivity contribution in [2.75, 3.05) is 0 Å². The Morgan fingerprint density at radius 2 is 1.58 bits per heavy atom. The monoisotopic (exact) mass is 276 g/mol. The Balaban J connectivity index is 0.00000180. The lowest BCUT2D eigenvalue weighted by Gasteiger charge is -2.09. The molecule has 0 unspecified atom stereocenters. The number of ether oxygens (including phenoxy) is 1. The highest BCUT2D eigenvalue weighted by Crippen LogP contribution is 2.11. The molecule has 100 valence electrons. The Labute approximate surface area is 119 Å². The van der Waals surface area contributed by atoms with Gasteiger partial charge in [-0.15, -0.1) is 12.4 Å². The van der Waals surface area contributed by atoms with Crippen LogP contribution in [0.15, 0.2) is 54.6 Å².